The summed E-state index contributed by atoms with van der Waals surface area (Å²) in [5.41, 5.74) is -3.14. The second-order valence-electron chi connectivity index (χ2n) is 9.30. The number of anilines is 1. The van der Waals surface area contributed by atoms with Crippen molar-refractivity contribution in [2.24, 2.45) is 11.8 Å². The summed E-state index contributed by atoms with van der Waals surface area (Å²) in [6, 6.07) is 3.87. The Labute approximate surface area is 240 Å². The minimum Gasteiger partial charge on any atom is -0.442 e. The molecule has 1 saturated carbocycles. The van der Waals surface area contributed by atoms with Crippen LogP contribution in [-0.4, -0.2) is 41.0 Å². The lowest BCUT2D eigenvalue weighted by Gasteiger charge is -2.46. The van der Waals surface area contributed by atoms with Crippen LogP contribution in [0.4, 0.5) is 18.9 Å². The molecular weight excluding hydrogens is 573 g/mol. The molecule has 2 N–H and O–H groups in total. The van der Waals surface area contributed by atoms with E-state index in [9.17, 15) is 36.3 Å². The molecule has 13 heteroatoms. The van der Waals surface area contributed by atoms with Gasteiger partial charge in [-0.25, -0.2) is 26.6 Å². The Morgan fingerprint density at radius 2 is 1.93 bits per heavy atom. The van der Waals surface area contributed by atoms with Gasteiger partial charge in [-0.15, -0.1) is 0 Å². The minimum atomic E-state index is -4.94. The molecule has 0 radical (unpaired) electrons. The summed E-state index contributed by atoms with van der Waals surface area (Å²) >= 11 is 6.19. The lowest BCUT2D eigenvalue weighted by Crippen LogP contribution is -2.51. The highest BCUT2D eigenvalue weighted by molar-refractivity contribution is 7.92. The molecule has 8 nitrogen and oxygen atoms in total. The number of aromatic nitrogens is 1. The Balaban J connectivity index is 1.68. The molecule has 1 aliphatic carbocycles. The SMILES string of the molecule is [2H]C[C@H]1C[C@]([2H])(S(=O)(=O)c2cc(C(=O)Nc3cc(F)c(F)c(F)c3)ccc2Cl)CC(C([2H])([2H])[2H])[C@]1(O)CCC(=O)c1ncco1. The number of halogens is 4. The Morgan fingerprint density at radius 3 is 2.55 bits per heavy atom. The van der Waals surface area contributed by atoms with Crippen LogP contribution >= 0.6 is 11.6 Å². The number of carbonyl (C=O) groups is 2. The maximum atomic E-state index is 14.0. The van der Waals surface area contributed by atoms with Crippen molar-refractivity contribution < 1.29 is 47.6 Å². The lowest BCUT2D eigenvalue weighted by molar-refractivity contribution is -0.0869. The summed E-state index contributed by atoms with van der Waals surface area (Å²) in [5, 5.41) is 10.7. The number of oxazole rings is 1. The number of hydrogen-bond acceptors (Lipinski definition) is 7. The zero-order valence-corrected chi connectivity index (χ0v) is 22.2. The van der Waals surface area contributed by atoms with E-state index in [0.29, 0.717) is 12.1 Å². The summed E-state index contributed by atoms with van der Waals surface area (Å²) in [4.78, 5) is 28.3. The second kappa shape index (κ2) is 11.3. The van der Waals surface area contributed by atoms with Crippen LogP contribution in [0.15, 0.2) is 52.1 Å². The molecule has 2 aromatic carbocycles. The zero-order chi connectivity index (χ0) is 33.5. The number of rotatable bonds is 8. The smallest absolute Gasteiger partial charge is 0.263 e. The molecule has 0 aliphatic heterocycles. The van der Waals surface area contributed by atoms with E-state index in [4.69, 9.17) is 22.9 Å². The summed E-state index contributed by atoms with van der Waals surface area (Å²) in [5.74, 6) is -10.3. The molecule has 3 aromatic rings. The van der Waals surface area contributed by atoms with Crippen molar-refractivity contribution in [3.63, 3.8) is 0 Å². The van der Waals surface area contributed by atoms with Crippen molar-refractivity contribution in [1.29, 1.82) is 0 Å². The third-order valence-corrected chi connectivity index (χ3v) is 9.20. The number of sulfone groups is 1. The fourth-order valence-corrected chi connectivity index (χ4v) is 6.59. The Morgan fingerprint density at radius 1 is 1.23 bits per heavy atom. The fraction of sp³-hybridized carbons (Fsp3) is 0.370. The highest BCUT2D eigenvalue weighted by Gasteiger charge is 2.48. The van der Waals surface area contributed by atoms with Crippen LogP contribution in [0.1, 0.15) is 67.3 Å². The monoisotopic (exact) mass is 603 g/mol. The molecule has 0 spiro atoms. The predicted octanol–water partition coefficient (Wildman–Crippen LogP) is 5.60. The number of Topliss-reactive ketones (excluding diaryl/α,β-unsaturated/α-hetero) is 1. The summed E-state index contributed by atoms with van der Waals surface area (Å²) in [7, 11) is -4.94. The van der Waals surface area contributed by atoms with Gasteiger partial charge in [-0.05, 0) is 49.3 Å². The summed E-state index contributed by atoms with van der Waals surface area (Å²) in [6.07, 6.45) is -0.249. The minimum absolute atomic E-state index is 0.284. The van der Waals surface area contributed by atoms with Crippen molar-refractivity contribution in [2.75, 3.05) is 5.32 Å². The molecule has 40 heavy (non-hydrogen) atoms. The second-order valence-corrected chi connectivity index (χ2v) is 11.7. The average molecular weight is 604 g/mol. The largest absolute Gasteiger partial charge is 0.442 e. The summed E-state index contributed by atoms with van der Waals surface area (Å²) < 4.78 is 115. The van der Waals surface area contributed by atoms with Crippen molar-refractivity contribution >= 4 is 38.8 Å². The first-order valence-electron chi connectivity index (χ1n) is 14.5. The number of benzene rings is 2. The number of nitrogens with one attached hydrogen (secondary N) is 1. The Hall–Kier alpha value is -3.22. The third-order valence-electron chi connectivity index (χ3n) is 6.74. The van der Waals surface area contributed by atoms with E-state index in [0.717, 1.165) is 24.5 Å². The van der Waals surface area contributed by atoms with Gasteiger partial charge in [0.05, 0.1) is 26.9 Å². The number of hydrogen-bond donors (Lipinski definition) is 2. The van der Waals surface area contributed by atoms with E-state index in [2.05, 4.69) is 10.3 Å². The van der Waals surface area contributed by atoms with Gasteiger partial charge in [-0.3, -0.25) is 9.59 Å². The van der Waals surface area contributed by atoms with E-state index >= 15 is 0 Å². The number of aliphatic hydroxyl groups is 1. The first-order chi connectivity index (χ1) is 20.8. The van der Waals surface area contributed by atoms with Crippen LogP contribution < -0.4 is 5.32 Å². The number of ketones is 1. The van der Waals surface area contributed by atoms with Gasteiger partial charge >= 0.3 is 0 Å². The number of amides is 1. The standard InChI is InChI=1S/C27H26ClF3N2O6S/c1-14-9-18(10-15(2)27(14,36)6-5-22(34)26-32-7-8-39-26)40(37,38)23-11-16(3-4-19(23)28)25(35)33-17-12-20(29)24(31)21(30)13-17/h3-4,7-8,11-15,18,36H,5-6,9-10H2,1-2H3,(H,33,35)/t14-,15?,18-,27-/m0/s1/i1D,2D3,18D. The van der Waals surface area contributed by atoms with Crippen molar-refractivity contribution in [3.05, 3.63) is 76.7 Å². The van der Waals surface area contributed by atoms with E-state index in [-0.39, 0.29) is 5.89 Å². The van der Waals surface area contributed by atoms with Gasteiger partial charge in [-0.2, -0.15) is 0 Å². The van der Waals surface area contributed by atoms with E-state index in [1.54, 1.807) is 0 Å². The first-order valence-corrected chi connectivity index (χ1v) is 13.6. The number of carbonyl (C=O) groups excluding carboxylic acids is 2. The van der Waals surface area contributed by atoms with E-state index < -0.39 is 122 Å². The first kappa shape index (κ1) is 23.5. The Kier molecular flexibility index (Phi) is 6.66. The quantitative estimate of drug-likeness (QED) is 0.253. The van der Waals surface area contributed by atoms with Crippen LogP contribution in [0, 0.1) is 29.3 Å². The highest BCUT2D eigenvalue weighted by atomic mass is 35.5. The molecular formula is C27H26ClF3N2O6S. The van der Waals surface area contributed by atoms with Crippen molar-refractivity contribution in [3.8, 4) is 0 Å². The molecule has 0 bridgehead atoms. The maximum Gasteiger partial charge on any atom is 0.263 e. The van der Waals surface area contributed by atoms with Gasteiger partial charge in [0.1, 0.15) is 6.26 Å². The molecule has 1 fully saturated rings. The zero-order valence-electron chi connectivity index (χ0n) is 25.6. The van der Waals surface area contributed by atoms with Crippen LogP contribution in [0.2, 0.25) is 5.02 Å². The van der Waals surface area contributed by atoms with Crippen LogP contribution in [0.3, 0.4) is 0 Å². The van der Waals surface area contributed by atoms with Crippen molar-refractivity contribution in [1.82, 2.24) is 4.98 Å². The molecule has 1 aliphatic rings. The summed E-state index contributed by atoms with van der Waals surface area (Å²) in [6.45, 7) is -3.74. The number of nitrogens with zero attached hydrogens (tertiary/aromatic N) is 1. The topological polar surface area (TPSA) is 127 Å². The van der Waals surface area contributed by atoms with Gasteiger partial charge in [0, 0.05) is 36.7 Å². The Bertz CT molecular complexity index is 1710. The van der Waals surface area contributed by atoms with Gasteiger partial charge in [-0.1, -0.05) is 25.4 Å². The average Bonchev–Trinajstić information content (AvgIpc) is 3.50. The normalized spacial score (nSPS) is 27.1. The predicted molar refractivity (Wildman–Crippen MR) is 139 cm³/mol. The van der Waals surface area contributed by atoms with Crippen LogP contribution in [-0.2, 0) is 9.84 Å². The van der Waals surface area contributed by atoms with Gasteiger partial charge < -0.3 is 14.8 Å². The molecule has 214 valence electrons. The molecule has 1 unspecified atom stereocenters. The molecule has 1 aromatic heterocycles. The van der Waals surface area contributed by atoms with Gasteiger partial charge in [0.2, 0.25) is 5.78 Å². The maximum absolute atomic E-state index is 14.0. The molecule has 0 saturated heterocycles. The molecule has 4 rings (SSSR count). The van der Waals surface area contributed by atoms with E-state index in [1.165, 1.54) is 6.20 Å². The van der Waals surface area contributed by atoms with Crippen LogP contribution in [0.5, 0.6) is 0 Å². The van der Waals surface area contributed by atoms with Gasteiger partial charge in [0.25, 0.3) is 11.8 Å². The highest BCUT2D eigenvalue weighted by Crippen LogP contribution is 2.45. The fourth-order valence-electron chi connectivity index (χ4n) is 4.44. The molecule has 1 amide bonds. The lowest BCUT2D eigenvalue weighted by atomic mass is 9.67. The van der Waals surface area contributed by atoms with Crippen LogP contribution in [0.25, 0.3) is 0 Å². The van der Waals surface area contributed by atoms with Crippen molar-refractivity contribution in [2.45, 2.75) is 55.2 Å². The van der Waals surface area contributed by atoms with E-state index in [1.807, 2.05) is 0 Å². The molecule has 1 heterocycles. The third kappa shape index (κ3) is 5.79. The molecule has 4 atom stereocenters. The van der Waals surface area contributed by atoms with Gasteiger partial charge in [0.15, 0.2) is 27.3 Å².